The number of allylic oxidation sites excluding steroid dienone is 2. The summed E-state index contributed by atoms with van der Waals surface area (Å²) in [5.41, 5.74) is 2.40. The predicted molar refractivity (Wildman–Crippen MR) is 88.7 cm³/mol. The zero-order valence-corrected chi connectivity index (χ0v) is 12.9. The van der Waals surface area contributed by atoms with E-state index >= 15 is 0 Å². The van der Waals surface area contributed by atoms with Crippen molar-refractivity contribution in [2.75, 3.05) is 5.32 Å². The maximum atomic E-state index is 11.4. The minimum Gasteiger partial charge on any atom is -0.375 e. The number of halogens is 1. The molecule has 4 rings (SSSR count). The number of benzene rings is 1. The number of rotatable bonds is 2. The van der Waals surface area contributed by atoms with Crippen LogP contribution in [0.5, 0.6) is 0 Å². The molecule has 0 radical (unpaired) electrons. The van der Waals surface area contributed by atoms with Crippen molar-refractivity contribution in [1.29, 1.82) is 0 Å². The van der Waals surface area contributed by atoms with Gasteiger partial charge < -0.3 is 5.32 Å². The number of fused-ring (bicyclic) bond motifs is 3. The van der Waals surface area contributed by atoms with Crippen LogP contribution in [-0.2, 0) is 0 Å². The van der Waals surface area contributed by atoms with Crippen LogP contribution in [0.1, 0.15) is 29.6 Å². The average molecular weight is 328 g/mol. The molecule has 2 aromatic rings. The fraction of sp³-hybridized carbons (Fsp3) is 0.235. The molecule has 0 unspecified atom stereocenters. The van der Waals surface area contributed by atoms with E-state index in [2.05, 4.69) is 22.5 Å². The first kappa shape index (κ1) is 14.2. The molecular weight excluding hydrogens is 314 g/mol. The van der Waals surface area contributed by atoms with Crippen LogP contribution in [0.25, 0.3) is 0 Å². The van der Waals surface area contributed by atoms with Gasteiger partial charge in [-0.1, -0.05) is 29.8 Å². The molecule has 1 N–H and O–H groups in total. The average Bonchev–Trinajstić information content (AvgIpc) is 3.05. The van der Waals surface area contributed by atoms with E-state index in [1.54, 1.807) is 12.3 Å². The Morgan fingerprint density at radius 2 is 2.17 bits per heavy atom. The van der Waals surface area contributed by atoms with E-state index in [-0.39, 0.29) is 28.5 Å². The zero-order valence-electron chi connectivity index (χ0n) is 12.1. The quantitative estimate of drug-likeness (QED) is 0.502. The summed E-state index contributed by atoms with van der Waals surface area (Å²) in [6, 6.07) is 8.87. The van der Waals surface area contributed by atoms with E-state index in [0.29, 0.717) is 16.3 Å². The summed E-state index contributed by atoms with van der Waals surface area (Å²) in [5, 5.41) is 15.3. The van der Waals surface area contributed by atoms with Gasteiger partial charge in [-0.3, -0.25) is 15.1 Å². The molecule has 1 aliphatic carbocycles. The van der Waals surface area contributed by atoms with Crippen LogP contribution in [0.3, 0.4) is 0 Å². The molecule has 0 bridgehead atoms. The van der Waals surface area contributed by atoms with Crippen molar-refractivity contribution in [3.05, 3.63) is 75.1 Å². The van der Waals surface area contributed by atoms with Gasteiger partial charge in [-0.05, 0) is 30.5 Å². The monoisotopic (exact) mass is 327 g/mol. The third-order valence-electron chi connectivity index (χ3n) is 4.65. The van der Waals surface area contributed by atoms with Gasteiger partial charge in [0, 0.05) is 18.2 Å². The molecule has 0 fully saturated rings. The Kier molecular flexibility index (Phi) is 3.31. The number of pyridine rings is 1. The van der Waals surface area contributed by atoms with E-state index in [0.717, 1.165) is 12.1 Å². The number of nitrogens with one attached hydrogen (secondary N) is 1. The highest BCUT2D eigenvalue weighted by Gasteiger charge is 2.42. The van der Waals surface area contributed by atoms with E-state index in [4.69, 9.17) is 11.6 Å². The molecule has 0 spiro atoms. The second kappa shape index (κ2) is 5.35. The lowest BCUT2D eigenvalue weighted by Crippen LogP contribution is -2.30. The topological polar surface area (TPSA) is 68.1 Å². The highest BCUT2D eigenvalue weighted by Crippen LogP contribution is 2.53. The van der Waals surface area contributed by atoms with Crippen molar-refractivity contribution >= 4 is 23.0 Å². The third kappa shape index (κ3) is 2.19. The zero-order chi connectivity index (χ0) is 16.0. The SMILES string of the molecule is O=[N+]([O-])c1ccc(Cl)c2c1[C@H]1C=CC[C@@H]1[C@@H](c1ccccn1)N2. The lowest BCUT2D eigenvalue weighted by atomic mass is 9.77. The lowest BCUT2D eigenvalue weighted by molar-refractivity contribution is -0.385. The molecule has 5 nitrogen and oxygen atoms in total. The number of anilines is 1. The number of hydrogen-bond acceptors (Lipinski definition) is 4. The fourth-order valence-corrected chi connectivity index (χ4v) is 3.89. The first-order valence-corrected chi connectivity index (χ1v) is 7.85. The molecule has 23 heavy (non-hydrogen) atoms. The second-order valence-corrected chi connectivity index (χ2v) is 6.25. The smallest absolute Gasteiger partial charge is 0.275 e. The Labute approximate surface area is 138 Å². The Morgan fingerprint density at radius 1 is 1.30 bits per heavy atom. The van der Waals surface area contributed by atoms with Crippen molar-refractivity contribution in [1.82, 2.24) is 4.98 Å². The van der Waals surface area contributed by atoms with Gasteiger partial charge in [0.05, 0.1) is 32.9 Å². The maximum absolute atomic E-state index is 11.4. The Balaban J connectivity index is 1.89. The molecule has 2 aliphatic rings. The molecule has 1 aromatic heterocycles. The van der Waals surface area contributed by atoms with E-state index < -0.39 is 0 Å². The largest absolute Gasteiger partial charge is 0.375 e. The summed E-state index contributed by atoms with van der Waals surface area (Å²) >= 11 is 6.33. The Bertz CT molecular complexity index is 807. The number of aromatic nitrogens is 1. The molecule has 3 atom stereocenters. The molecule has 0 amide bonds. The van der Waals surface area contributed by atoms with Crippen LogP contribution in [0.15, 0.2) is 48.7 Å². The summed E-state index contributed by atoms with van der Waals surface area (Å²) in [7, 11) is 0. The number of nitro groups is 1. The van der Waals surface area contributed by atoms with Gasteiger partial charge in [0.1, 0.15) is 0 Å². The van der Waals surface area contributed by atoms with Gasteiger partial charge in [-0.15, -0.1) is 0 Å². The first-order chi connectivity index (χ1) is 11.2. The summed E-state index contributed by atoms with van der Waals surface area (Å²) in [6.45, 7) is 0. The van der Waals surface area contributed by atoms with Crippen molar-refractivity contribution in [2.45, 2.75) is 18.4 Å². The summed E-state index contributed by atoms with van der Waals surface area (Å²) in [4.78, 5) is 15.5. The van der Waals surface area contributed by atoms with E-state index in [9.17, 15) is 10.1 Å². The van der Waals surface area contributed by atoms with Gasteiger partial charge in [-0.2, -0.15) is 0 Å². The molecule has 2 heterocycles. The lowest BCUT2D eigenvalue weighted by Gasteiger charge is -2.36. The summed E-state index contributed by atoms with van der Waals surface area (Å²) < 4.78 is 0. The Hall–Kier alpha value is -2.40. The Morgan fingerprint density at radius 3 is 2.91 bits per heavy atom. The van der Waals surface area contributed by atoms with Crippen molar-refractivity contribution in [3.8, 4) is 0 Å². The van der Waals surface area contributed by atoms with E-state index in [1.165, 1.54) is 6.07 Å². The molecular formula is C17H14ClN3O2. The van der Waals surface area contributed by atoms with Crippen LogP contribution in [0.2, 0.25) is 5.02 Å². The molecule has 116 valence electrons. The van der Waals surface area contributed by atoms with Gasteiger partial charge in [0.15, 0.2) is 0 Å². The van der Waals surface area contributed by atoms with Crippen molar-refractivity contribution in [3.63, 3.8) is 0 Å². The van der Waals surface area contributed by atoms with Crippen molar-refractivity contribution < 1.29 is 4.92 Å². The first-order valence-electron chi connectivity index (χ1n) is 7.47. The molecule has 1 aliphatic heterocycles. The van der Waals surface area contributed by atoms with Crippen LogP contribution in [-0.4, -0.2) is 9.91 Å². The maximum Gasteiger partial charge on any atom is 0.275 e. The standard InChI is InChI=1S/C17H14ClN3O2/c18-12-7-8-14(21(22)23)15-10-4-3-5-11(10)16(20-17(12)15)13-6-1-2-9-19-13/h1-4,6-11,16,20H,5H2/t10-,11-,16-/m0/s1. The molecule has 0 saturated carbocycles. The van der Waals surface area contributed by atoms with Crippen molar-refractivity contribution in [2.24, 2.45) is 5.92 Å². The molecule has 1 aromatic carbocycles. The van der Waals surface area contributed by atoms with Gasteiger partial charge in [-0.25, -0.2) is 0 Å². The van der Waals surface area contributed by atoms with E-state index in [1.807, 2.05) is 18.2 Å². The summed E-state index contributed by atoms with van der Waals surface area (Å²) in [5.74, 6) is 0.187. The minimum absolute atomic E-state index is 0.0109. The van der Waals surface area contributed by atoms with Gasteiger partial charge >= 0.3 is 0 Å². The molecule has 0 saturated heterocycles. The van der Waals surface area contributed by atoms with Crippen LogP contribution >= 0.6 is 11.6 Å². The normalized spacial score (nSPS) is 24.7. The number of nitro benzene ring substituents is 1. The van der Waals surface area contributed by atoms with Crippen LogP contribution in [0.4, 0.5) is 11.4 Å². The number of hydrogen-bond donors (Lipinski definition) is 1. The van der Waals surface area contributed by atoms with Gasteiger partial charge in [0.2, 0.25) is 0 Å². The van der Waals surface area contributed by atoms with Crippen LogP contribution < -0.4 is 5.32 Å². The fourth-order valence-electron chi connectivity index (χ4n) is 3.67. The third-order valence-corrected chi connectivity index (χ3v) is 4.96. The summed E-state index contributed by atoms with van der Waals surface area (Å²) in [6.07, 6.45) is 6.78. The molecule has 6 heteroatoms. The highest BCUT2D eigenvalue weighted by molar-refractivity contribution is 6.33. The minimum atomic E-state index is -0.332. The number of nitrogens with zero attached hydrogens (tertiary/aromatic N) is 2. The van der Waals surface area contributed by atoms with Gasteiger partial charge in [0.25, 0.3) is 5.69 Å². The predicted octanol–water partition coefficient (Wildman–Crippen LogP) is 4.47. The second-order valence-electron chi connectivity index (χ2n) is 5.84. The van der Waals surface area contributed by atoms with Crippen LogP contribution in [0, 0.1) is 16.0 Å². The highest BCUT2D eigenvalue weighted by atomic mass is 35.5.